The minimum absolute atomic E-state index is 1.07. The van der Waals surface area contributed by atoms with Gasteiger partial charge in [0.05, 0.1) is 0 Å². The van der Waals surface area contributed by atoms with E-state index in [-0.39, 0.29) is 0 Å². The first-order valence-corrected chi connectivity index (χ1v) is 38.1. The van der Waals surface area contributed by atoms with E-state index in [1.807, 2.05) is 0 Å². The van der Waals surface area contributed by atoms with Crippen molar-refractivity contribution in [1.29, 1.82) is 0 Å². The normalized spacial score (nSPS) is 11.3. The first-order chi connectivity index (χ1) is 54.7. The molecule has 0 unspecified atom stereocenters. The Kier molecular flexibility index (Phi) is 17.8. The lowest BCUT2D eigenvalue weighted by molar-refractivity contribution is 1.53. The van der Waals surface area contributed by atoms with Crippen LogP contribution in [-0.4, -0.2) is 0 Å². The van der Waals surface area contributed by atoms with Gasteiger partial charge in [-0.1, -0.05) is 443 Å². The molecule has 110 heavy (non-hydrogen) atoms. The molecule has 0 aliphatic rings. The zero-order chi connectivity index (χ0) is 73.1. The van der Waals surface area contributed by atoms with E-state index in [4.69, 9.17) is 0 Å². The van der Waals surface area contributed by atoms with E-state index in [0.29, 0.717) is 0 Å². The van der Waals surface area contributed by atoms with Crippen LogP contribution in [0, 0.1) is 0 Å². The molecule has 0 nitrogen and oxygen atoms in total. The monoisotopic (exact) mass is 1390 g/mol. The Morgan fingerprint density at radius 1 is 0.0727 bits per heavy atom. The summed E-state index contributed by atoms with van der Waals surface area (Å²) in [6.07, 6.45) is 0. The number of fused-ring (bicyclic) bond motifs is 2. The van der Waals surface area contributed by atoms with Gasteiger partial charge in [-0.2, -0.15) is 0 Å². The highest BCUT2D eigenvalue weighted by atomic mass is 14.4. The summed E-state index contributed by atoms with van der Waals surface area (Å²) in [5.74, 6) is 0. The van der Waals surface area contributed by atoms with Crippen LogP contribution in [0.3, 0.4) is 0 Å². The molecule has 0 heteroatoms. The Labute approximate surface area is 644 Å². The zero-order valence-corrected chi connectivity index (χ0v) is 60.7. The summed E-state index contributed by atoms with van der Waals surface area (Å²) in [6.45, 7) is 0. The number of rotatable bonds is 16. The summed E-state index contributed by atoms with van der Waals surface area (Å²) >= 11 is 0. The van der Waals surface area contributed by atoms with Gasteiger partial charge < -0.3 is 0 Å². The topological polar surface area (TPSA) is 0 Å². The van der Waals surface area contributed by atoms with Gasteiger partial charge >= 0.3 is 0 Å². The minimum Gasteiger partial charge on any atom is -0.0622 e. The highest BCUT2D eigenvalue weighted by Crippen LogP contribution is 2.63. The van der Waals surface area contributed by atoms with Crippen molar-refractivity contribution in [2.75, 3.05) is 0 Å². The van der Waals surface area contributed by atoms with Gasteiger partial charge in [0.25, 0.3) is 0 Å². The first kappa shape index (κ1) is 66.4. The molecule has 0 atom stereocenters. The highest BCUT2D eigenvalue weighted by molar-refractivity contribution is 6.33. The summed E-state index contributed by atoms with van der Waals surface area (Å²) in [5, 5.41) is 4.66. The molecule has 0 aromatic heterocycles. The fourth-order valence-electron chi connectivity index (χ4n) is 17.4. The largest absolute Gasteiger partial charge is 0.0622 e. The highest BCUT2D eigenvalue weighted by Gasteiger charge is 2.36. The molecule has 0 heterocycles. The predicted octanol–water partition coefficient (Wildman–Crippen LogP) is 30.7. The van der Waals surface area contributed by atoms with Crippen LogP contribution in [0.5, 0.6) is 0 Å². The molecule has 0 spiro atoms. The molecule has 0 saturated heterocycles. The Bertz CT molecular complexity index is 6080. The summed E-state index contributed by atoms with van der Waals surface area (Å²) in [4.78, 5) is 0. The van der Waals surface area contributed by atoms with Gasteiger partial charge in [-0.15, -0.1) is 0 Å². The number of hydrogen-bond acceptors (Lipinski definition) is 0. The predicted molar refractivity (Wildman–Crippen MR) is 468 cm³/mol. The van der Waals surface area contributed by atoms with Crippen LogP contribution in [0.2, 0.25) is 0 Å². The summed E-state index contributed by atoms with van der Waals surface area (Å²) < 4.78 is 0. The molecular weight excluding hydrogens is 1320 g/mol. The van der Waals surface area contributed by atoms with E-state index in [9.17, 15) is 0 Å². The molecule has 0 radical (unpaired) electrons. The minimum atomic E-state index is 1.07. The average Bonchev–Trinajstić information content (AvgIpc) is 0.693. The Balaban J connectivity index is 1.09. The molecule has 0 bridgehead atoms. The van der Waals surface area contributed by atoms with Crippen LogP contribution in [-0.2, 0) is 0 Å². The molecule has 0 amide bonds. The van der Waals surface area contributed by atoms with Crippen LogP contribution in [0.25, 0.3) is 200 Å². The maximum Gasteiger partial charge on any atom is -0.0000936 e. The van der Waals surface area contributed by atoms with Crippen molar-refractivity contribution < 1.29 is 0 Å². The second-order valence-corrected chi connectivity index (χ2v) is 28.2. The van der Waals surface area contributed by atoms with Crippen molar-refractivity contribution in [2.45, 2.75) is 0 Å². The molecule has 0 aliphatic carbocycles. The van der Waals surface area contributed by atoms with Crippen molar-refractivity contribution in [3.63, 3.8) is 0 Å². The summed E-state index contributed by atoms with van der Waals surface area (Å²) in [5.41, 5.74) is 36.2. The number of hydrogen-bond donors (Lipinski definition) is 0. The van der Waals surface area contributed by atoms with E-state index in [1.165, 1.54) is 21.9 Å². The molecule has 19 rings (SSSR count). The van der Waals surface area contributed by atoms with Gasteiger partial charge in [-0.05, 0) is 206 Å². The molecular formula is C110H74. The standard InChI is InChI=1S/C110H74/c1-15-44-75(45-16-1)91-93(77-48-19-3-20-49-77)99(83-60-31-9-32-61-83)109-103(87-68-39-13-40-69-87)105(95(79-52-23-5-24-53-79)101(85-64-35-11-36-65-85)107(109)97(91)81-56-27-7-28-57-81)89-72-43-73-90(74-89)106-96(80-54-25-6-26-55-80)102(86-66-37-12-38-67-86)108-98(82-58-29-8-30-59-82)92(76-46-17-2-18-47-76)94(78-50-21-4-22-51-78)100(84-62-33-10-34-63-84)110(108)104(106)88-70-41-14-42-71-88/h1-74H. The SMILES string of the molecule is c1ccc(-c2c(-c3ccccc3)c(-c3ccccc3)c3c(-c4ccccc4)c(-c4cccc(-c5c(-c6ccccc6)c(-c6ccccc6)c6c(-c7ccccc7)c(-c7ccccc7)c(-c7ccccc7)c(-c7ccccc7)c6c5-c5ccccc5)c4)c(-c4ccccc4)c(-c4ccccc4)c3c2-c2ccccc2)cc1. The van der Waals surface area contributed by atoms with Gasteiger partial charge in [0, 0.05) is 0 Å². The molecule has 19 aromatic carbocycles. The van der Waals surface area contributed by atoms with Gasteiger partial charge in [-0.25, -0.2) is 0 Å². The molecule has 0 saturated carbocycles. The smallest absolute Gasteiger partial charge is 0.0000936 e. The van der Waals surface area contributed by atoms with Crippen molar-refractivity contribution in [1.82, 2.24) is 0 Å². The fraction of sp³-hybridized carbons (Fsp3) is 0. The van der Waals surface area contributed by atoms with Crippen LogP contribution in [0.4, 0.5) is 0 Å². The molecule has 19 aromatic rings. The van der Waals surface area contributed by atoms with Crippen LogP contribution >= 0.6 is 0 Å². The maximum atomic E-state index is 2.57. The van der Waals surface area contributed by atoms with E-state index in [0.717, 1.165) is 178 Å². The fourth-order valence-corrected chi connectivity index (χ4v) is 17.4. The third-order valence-electron chi connectivity index (χ3n) is 21.8. The second kappa shape index (κ2) is 29.6. The zero-order valence-electron chi connectivity index (χ0n) is 60.7. The molecule has 0 aliphatic heterocycles. The Hall–Kier alpha value is -14.3. The van der Waals surface area contributed by atoms with E-state index in [2.05, 4.69) is 449 Å². The van der Waals surface area contributed by atoms with Crippen molar-refractivity contribution in [3.8, 4) is 178 Å². The van der Waals surface area contributed by atoms with Gasteiger partial charge in [0.1, 0.15) is 0 Å². The van der Waals surface area contributed by atoms with Crippen molar-refractivity contribution >= 4 is 21.5 Å². The molecule has 514 valence electrons. The van der Waals surface area contributed by atoms with Crippen LogP contribution in [0.1, 0.15) is 0 Å². The third-order valence-corrected chi connectivity index (χ3v) is 21.8. The maximum absolute atomic E-state index is 2.57. The Morgan fingerprint density at radius 3 is 0.282 bits per heavy atom. The second-order valence-electron chi connectivity index (χ2n) is 28.2. The average molecular weight is 1400 g/mol. The molecule has 0 fully saturated rings. The van der Waals surface area contributed by atoms with E-state index >= 15 is 0 Å². The quantitative estimate of drug-likeness (QED) is 0.0904. The summed E-state index contributed by atoms with van der Waals surface area (Å²) in [7, 11) is 0. The van der Waals surface area contributed by atoms with Gasteiger partial charge in [-0.3, -0.25) is 0 Å². The Morgan fingerprint density at radius 2 is 0.164 bits per heavy atom. The van der Waals surface area contributed by atoms with Gasteiger partial charge in [0.15, 0.2) is 0 Å². The molecule has 0 N–H and O–H groups in total. The van der Waals surface area contributed by atoms with Crippen molar-refractivity contribution in [2.24, 2.45) is 0 Å². The summed E-state index contributed by atoms with van der Waals surface area (Å²) in [6, 6.07) is 167. The van der Waals surface area contributed by atoms with Crippen molar-refractivity contribution in [3.05, 3.63) is 449 Å². The van der Waals surface area contributed by atoms with E-state index in [1.54, 1.807) is 0 Å². The van der Waals surface area contributed by atoms with Gasteiger partial charge in [0.2, 0.25) is 0 Å². The first-order valence-electron chi connectivity index (χ1n) is 38.1. The van der Waals surface area contributed by atoms with Crippen LogP contribution in [0.15, 0.2) is 449 Å². The lowest BCUT2D eigenvalue weighted by Crippen LogP contribution is -2.04. The van der Waals surface area contributed by atoms with Crippen LogP contribution < -0.4 is 0 Å². The van der Waals surface area contributed by atoms with E-state index < -0.39 is 0 Å². The lowest BCUT2D eigenvalue weighted by Gasteiger charge is -2.32. The number of benzene rings is 19. The lowest BCUT2D eigenvalue weighted by atomic mass is 9.70. The third kappa shape index (κ3) is 11.9.